The summed E-state index contributed by atoms with van der Waals surface area (Å²) in [7, 11) is 0. The molecule has 0 fully saturated rings. The fourth-order valence-electron chi connectivity index (χ4n) is 3.18. The van der Waals surface area contributed by atoms with Gasteiger partial charge in [0.15, 0.2) is 5.76 Å². The van der Waals surface area contributed by atoms with Crippen LogP contribution in [0, 0.1) is 25.2 Å². The van der Waals surface area contributed by atoms with Crippen molar-refractivity contribution in [3.05, 3.63) is 61.6 Å². The molecule has 7 heteroatoms. The Bertz CT molecular complexity index is 1180. The van der Waals surface area contributed by atoms with E-state index in [1.54, 1.807) is 25.1 Å². The molecule has 1 aromatic carbocycles. The number of fused-ring (bicyclic) bond motifs is 1. The van der Waals surface area contributed by atoms with Crippen molar-refractivity contribution in [3.63, 3.8) is 0 Å². The summed E-state index contributed by atoms with van der Waals surface area (Å²) in [4.78, 5) is 25.6. The molecule has 6 nitrogen and oxygen atoms in total. The van der Waals surface area contributed by atoms with Crippen molar-refractivity contribution in [3.8, 4) is 11.9 Å². The molecule has 0 radical (unpaired) electrons. The van der Waals surface area contributed by atoms with Crippen LogP contribution in [0.25, 0.3) is 11.0 Å². The van der Waals surface area contributed by atoms with Gasteiger partial charge in [-0.25, -0.2) is 0 Å². The molecule has 3 aromatic rings. The molecule has 0 unspecified atom stereocenters. The van der Waals surface area contributed by atoms with Gasteiger partial charge >= 0.3 is 0 Å². The van der Waals surface area contributed by atoms with Crippen molar-refractivity contribution in [1.29, 1.82) is 5.26 Å². The first-order chi connectivity index (χ1) is 12.8. The van der Waals surface area contributed by atoms with Crippen molar-refractivity contribution in [2.75, 3.05) is 0 Å². The van der Waals surface area contributed by atoms with Crippen molar-refractivity contribution < 1.29 is 14.3 Å². The standard InChI is InChI=1S/C20H17ClN2O4/c1-4-7-23-19(25)14(9-22)10(2)16(20(23)26)17(24)18-11(3)13-8-12(21)5-6-15(13)27-18/h5-6,8,26H,4,7H2,1-3H3. The number of aromatic nitrogens is 1. The van der Waals surface area contributed by atoms with Gasteiger partial charge in [0.25, 0.3) is 5.56 Å². The molecule has 0 aliphatic carbocycles. The van der Waals surface area contributed by atoms with Crippen LogP contribution in [0.2, 0.25) is 5.02 Å². The van der Waals surface area contributed by atoms with Gasteiger partial charge in [-0.2, -0.15) is 5.26 Å². The number of nitrogens with zero attached hydrogens (tertiary/aromatic N) is 2. The number of aryl methyl sites for hydroxylation is 1. The molecule has 0 saturated heterocycles. The van der Waals surface area contributed by atoms with Crippen LogP contribution >= 0.6 is 11.6 Å². The first kappa shape index (κ1) is 18.7. The number of benzene rings is 1. The van der Waals surface area contributed by atoms with Crippen LogP contribution in [0.1, 0.15) is 46.2 Å². The number of rotatable bonds is 4. The van der Waals surface area contributed by atoms with Crippen LogP contribution in [0.3, 0.4) is 0 Å². The average Bonchev–Trinajstić information content (AvgIpc) is 2.95. The van der Waals surface area contributed by atoms with Gasteiger partial charge < -0.3 is 9.52 Å². The molecule has 0 atom stereocenters. The number of halogens is 1. The predicted octanol–water partition coefficient (Wildman–Crippen LogP) is 4.08. The number of ketones is 1. The summed E-state index contributed by atoms with van der Waals surface area (Å²) in [5.41, 5.74) is 0.311. The zero-order valence-electron chi connectivity index (χ0n) is 15.1. The molecule has 0 bridgehead atoms. The number of hydrogen-bond acceptors (Lipinski definition) is 5. The Kier molecular flexibility index (Phi) is 4.81. The molecule has 2 heterocycles. The van der Waals surface area contributed by atoms with Crippen molar-refractivity contribution in [1.82, 2.24) is 4.57 Å². The van der Waals surface area contributed by atoms with Gasteiger partial charge in [0, 0.05) is 22.5 Å². The zero-order valence-corrected chi connectivity index (χ0v) is 15.8. The largest absolute Gasteiger partial charge is 0.494 e. The van der Waals surface area contributed by atoms with Crippen LogP contribution in [-0.4, -0.2) is 15.5 Å². The highest BCUT2D eigenvalue weighted by Crippen LogP contribution is 2.32. The molecule has 27 heavy (non-hydrogen) atoms. The van der Waals surface area contributed by atoms with E-state index in [0.717, 1.165) is 4.57 Å². The van der Waals surface area contributed by atoms with Gasteiger partial charge in [0.1, 0.15) is 17.2 Å². The lowest BCUT2D eigenvalue weighted by Crippen LogP contribution is -2.26. The Morgan fingerprint density at radius 3 is 2.67 bits per heavy atom. The smallest absolute Gasteiger partial charge is 0.271 e. The number of aromatic hydroxyl groups is 1. The summed E-state index contributed by atoms with van der Waals surface area (Å²) in [6, 6.07) is 6.84. The SMILES string of the molecule is CCCn1c(O)c(C(=O)c2oc3ccc(Cl)cc3c2C)c(C)c(C#N)c1=O. The lowest BCUT2D eigenvalue weighted by atomic mass is 9.98. The minimum Gasteiger partial charge on any atom is -0.494 e. The molecule has 138 valence electrons. The number of nitriles is 1. The molecule has 3 rings (SSSR count). The fourth-order valence-corrected chi connectivity index (χ4v) is 3.35. The molecule has 0 saturated carbocycles. The van der Waals surface area contributed by atoms with E-state index in [0.29, 0.717) is 28.0 Å². The molecule has 0 amide bonds. The van der Waals surface area contributed by atoms with E-state index in [9.17, 15) is 20.0 Å². The summed E-state index contributed by atoms with van der Waals surface area (Å²) < 4.78 is 6.74. The molecule has 0 spiro atoms. The van der Waals surface area contributed by atoms with Crippen LogP contribution < -0.4 is 5.56 Å². The minimum atomic E-state index is -0.612. The number of pyridine rings is 1. The highest BCUT2D eigenvalue weighted by atomic mass is 35.5. The Morgan fingerprint density at radius 1 is 1.33 bits per heavy atom. The Balaban J connectivity index is 2.30. The van der Waals surface area contributed by atoms with Gasteiger partial charge in [0.2, 0.25) is 11.7 Å². The van der Waals surface area contributed by atoms with Crippen LogP contribution in [0.15, 0.2) is 27.4 Å². The third-order valence-corrected chi connectivity index (χ3v) is 4.81. The first-order valence-electron chi connectivity index (χ1n) is 8.41. The Labute approximate surface area is 160 Å². The van der Waals surface area contributed by atoms with Crippen LogP contribution in [0.4, 0.5) is 0 Å². The lowest BCUT2D eigenvalue weighted by Gasteiger charge is -2.14. The second kappa shape index (κ2) is 6.93. The van der Waals surface area contributed by atoms with E-state index in [4.69, 9.17) is 16.0 Å². The third-order valence-electron chi connectivity index (χ3n) is 4.58. The summed E-state index contributed by atoms with van der Waals surface area (Å²) in [6.07, 6.45) is 0.553. The zero-order chi connectivity index (χ0) is 19.9. The molecule has 0 aliphatic heterocycles. The van der Waals surface area contributed by atoms with E-state index in [1.807, 2.05) is 13.0 Å². The van der Waals surface area contributed by atoms with E-state index in [2.05, 4.69) is 0 Å². The number of furan rings is 1. The van der Waals surface area contributed by atoms with E-state index >= 15 is 0 Å². The predicted molar refractivity (Wildman–Crippen MR) is 102 cm³/mol. The van der Waals surface area contributed by atoms with E-state index in [-0.39, 0.29) is 29.0 Å². The minimum absolute atomic E-state index is 0.0382. The van der Waals surface area contributed by atoms with Crippen molar-refractivity contribution in [2.24, 2.45) is 0 Å². The van der Waals surface area contributed by atoms with Gasteiger partial charge in [-0.3, -0.25) is 14.2 Å². The highest BCUT2D eigenvalue weighted by Gasteiger charge is 2.28. The summed E-state index contributed by atoms with van der Waals surface area (Å²) >= 11 is 6.02. The molecular weight excluding hydrogens is 368 g/mol. The van der Waals surface area contributed by atoms with E-state index in [1.165, 1.54) is 6.92 Å². The second-order valence-corrected chi connectivity index (χ2v) is 6.73. The number of hydrogen-bond donors (Lipinski definition) is 1. The van der Waals surface area contributed by atoms with Crippen LogP contribution in [0.5, 0.6) is 5.88 Å². The number of carbonyl (C=O) groups excluding carboxylic acids is 1. The van der Waals surface area contributed by atoms with Crippen molar-refractivity contribution in [2.45, 2.75) is 33.7 Å². The maximum Gasteiger partial charge on any atom is 0.271 e. The van der Waals surface area contributed by atoms with Gasteiger partial charge in [-0.1, -0.05) is 18.5 Å². The maximum atomic E-state index is 13.2. The average molecular weight is 385 g/mol. The fraction of sp³-hybridized carbons (Fsp3) is 0.250. The second-order valence-electron chi connectivity index (χ2n) is 6.29. The van der Waals surface area contributed by atoms with E-state index < -0.39 is 17.2 Å². The molecular formula is C20H17ClN2O4. The van der Waals surface area contributed by atoms with Crippen LogP contribution in [-0.2, 0) is 6.54 Å². The Hall–Kier alpha value is -3.04. The summed E-state index contributed by atoms with van der Waals surface area (Å²) in [6.45, 7) is 5.20. The van der Waals surface area contributed by atoms with Crippen molar-refractivity contribution >= 4 is 28.4 Å². The summed E-state index contributed by atoms with van der Waals surface area (Å²) in [5, 5.41) is 21.2. The monoisotopic (exact) mass is 384 g/mol. The summed E-state index contributed by atoms with van der Waals surface area (Å²) in [5.74, 6) is -1.01. The highest BCUT2D eigenvalue weighted by molar-refractivity contribution is 6.31. The molecule has 2 aromatic heterocycles. The first-order valence-corrected chi connectivity index (χ1v) is 8.79. The maximum absolute atomic E-state index is 13.2. The van der Waals surface area contributed by atoms with Gasteiger partial charge in [-0.15, -0.1) is 0 Å². The van der Waals surface area contributed by atoms with Gasteiger partial charge in [0.05, 0.1) is 5.56 Å². The quantitative estimate of drug-likeness (QED) is 0.683. The normalized spacial score (nSPS) is 10.9. The van der Waals surface area contributed by atoms with Gasteiger partial charge in [-0.05, 0) is 44.0 Å². The lowest BCUT2D eigenvalue weighted by molar-refractivity contribution is 0.100. The topological polar surface area (TPSA) is 96.2 Å². The molecule has 0 aliphatic rings. The number of carbonyl (C=O) groups is 1. The Morgan fingerprint density at radius 2 is 2.04 bits per heavy atom. The molecule has 1 N–H and O–H groups in total. The third kappa shape index (κ3) is 2.90.